The largest absolute Gasteiger partial charge is 0.480 e. The van der Waals surface area contributed by atoms with Gasteiger partial charge in [0, 0.05) is 6.42 Å². The van der Waals surface area contributed by atoms with Crippen LogP contribution in [0.3, 0.4) is 0 Å². The lowest BCUT2D eigenvalue weighted by atomic mass is 10.0. The van der Waals surface area contributed by atoms with Crippen molar-refractivity contribution in [3.05, 3.63) is 69.2 Å². The van der Waals surface area contributed by atoms with Gasteiger partial charge in [-0.15, -0.1) is 0 Å². The predicted molar refractivity (Wildman–Crippen MR) is 90.2 cm³/mol. The number of nitrogens with one attached hydrogen (secondary N) is 1. The number of carbonyl (C=O) groups is 2. The monoisotopic (exact) mass is 351 g/mol. The van der Waals surface area contributed by atoms with Crippen molar-refractivity contribution < 1.29 is 14.7 Å². The van der Waals surface area contributed by atoms with Crippen molar-refractivity contribution in [3.8, 4) is 0 Å². The van der Waals surface area contributed by atoms with Crippen molar-refractivity contribution in [3.63, 3.8) is 0 Å². The molecule has 0 aliphatic heterocycles. The van der Waals surface area contributed by atoms with Crippen LogP contribution in [0.15, 0.2) is 42.5 Å². The summed E-state index contributed by atoms with van der Waals surface area (Å²) in [7, 11) is 0. The van der Waals surface area contributed by atoms with E-state index >= 15 is 0 Å². The molecular weight excluding hydrogens is 337 g/mol. The molecular formula is C17H15Cl2NO3. The summed E-state index contributed by atoms with van der Waals surface area (Å²) in [5, 5.41) is 12.2. The molecule has 6 heteroatoms. The van der Waals surface area contributed by atoms with Crippen LogP contribution >= 0.6 is 23.2 Å². The number of carbonyl (C=O) groups excluding carboxylic acids is 1. The number of halogens is 2. The Balaban J connectivity index is 2.18. The van der Waals surface area contributed by atoms with Crippen LogP contribution in [0, 0.1) is 6.92 Å². The summed E-state index contributed by atoms with van der Waals surface area (Å²) in [4.78, 5) is 23.7. The van der Waals surface area contributed by atoms with E-state index in [-0.39, 0.29) is 22.0 Å². The van der Waals surface area contributed by atoms with Gasteiger partial charge in [-0.25, -0.2) is 4.79 Å². The average Bonchev–Trinajstić information content (AvgIpc) is 2.48. The highest BCUT2D eigenvalue weighted by molar-refractivity contribution is 6.39. The minimum absolute atomic E-state index is 0.0750. The zero-order chi connectivity index (χ0) is 17.0. The zero-order valence-corrected chi connectivity index (χ0v) is 13.9. The molecule has 2 aromatic carbocycles. The number of rotatable bonds is 5. The van der Waals surface area contributed by atoms with Crippen LogP contribution in [0.4, 0.5) is 0 Å². The fourth-order valence-corrected chi connectivity index (χ4v) is 2.67. The molecule has 0 fully saturated rings. The molecule has 2 aromatic rings. The van der Waals surface area contributed by atoms with E-state index in [1.54, 1.807) is 6.07 Å². The first-order chi connectivity index (χ1) is 10.9. The van der Waals surface area contributed by atoms with E-state index in [9.17, 15) is 14.7 Å². The summed E-state index contributed by atoms with van der Waals surface area (Å²) < 4.78 is 0. The Morgan fingerprint density at radius 3 is 2.17 bits per heavy atom. The molecule has 1 amide bonds. The van der Waals surface area contributed by atoms with Crippen molar-refractivity contribution >= 4 is 35.1 Å². The van der Waals surface area contributed by atoms with Crippen molar-refractivity contribution in [2.45, 2.75) is 19.4 Å². The number of carboxylic acids is 1. The second kappa shape index (κ2) is 7.49. The Kier molecular flexibility index (Phi) is 5.64. The lowest BCUT2D eigenvalue weighted by Crippen LogP contribution is -2.42. The Morgan fingerprint density at radius 1 is 1.09 bits per heavy atom. The van der Waals surface area contributed by atoms with Gasteiger partial charge in [0.2, 0.25) is 0 Å². The maximum absolute atomic E-state index is 12.3. The number of benzene rings is 2. The number of aryl methyl sites for hydroxylation is 1. The molecule has 120 valence electrons. The van der Waals surface area contributed by atoms with Crippen LogP contribution in [-0.4, -0.2) is 23.0 Å². The van der Waals surface area contributed by atoms with Gasteiger partial charge in [-0.05, 0) is 24.6 Å². The molecule has 0 bridgehead atoms. The molecule has 23 heavy (non-hydrogen) atoms. The molecule has 2 rings (SSSR count). The van der Waals surface area contributed by atoms with Gasteiger partial charge in [0.05, 0.1) is 15.6 Å². The van der Waals surface area contributed by atoms with Crippen LogP contribution in [0.1, 0.15) is 21.5 Å². The second-order valence-corrected chi connectivity index (χ2v) is 5.97. The van der Waals surface area contributed by atoms with E-state index in [1.807, 2.05) is 31.2 Å². The van der Waals surface area contributed by atoms with Gasteiger partial charge in [-0.3, -0.25) is 4.79 Å². The Morgan fingerprint density at radius 2 is 1.65 bits per heavy atom. The van der Waals surface area contributed by atoms with Crippen molar-refractivity contribution in [2.75, 3.05) is 0 Å². The number of hydrogen-bond donors (Lipinski definition) is 2. The quantitative estimate of drug-likeness (QED) is 0.862. The summed E-state index contributed by atoms with van der Waals surface area (Å²) in [6.07, 6.45) is 0.170. The predicted octanol–water partition coefficient (Wildman–Crippen LogP) is 3.73. The zero-order valence-electron chi connectivity index (χ0n) is 12.3. The first-order valence-electron chi connectivity index (χ1n) is 6.91. The minimum Gasteiger partial charge on any atom is -0.480 e. The Hall–Kier alpha value is -2.04. The molecule has 0 saturated heterocycles. The van der Waals surface area contributed by atoms with Crippen molar-refractivity contribution in [2.24, 2.45) is 0 Å². The standard InChI is InChI=1S/C17H15Cl2NO3/c1-10-5-7-11(8-6-10)9-14(17(22)23)20-16(21)15-12(18)3-2-4-13(15)19/h2-8,14H,9H2,1H3,(H,20,21)(H,22,23). The highest BCUT2D eigenvalue weighted by Crippen LogP contribution is 2.24. The summed E-state index contributed by atoms with van der Waals surface area (Å²) in [6, 6.07) is 11.0. The van der Waals surface area contributed by atoms with E-state index in [2.05, 4.69) is 5.32 Å². The van der Waals surface area contributed by atoms with Crippen LogP contribution in [-0.2, 0) is 11.2 Å². The third-order valence-electron chi connectivity index (χ3n) is 3.35. The number of amides is 1. The molecule has 1 unspecified atom stereocenters. The van der Waals surface area contributed by atoms with Crippen molar-refractivity contribution in [1.29, 1.82) is 0 Å². The molecule has 0 heterocycles. The molecule has 0 aromatic heterocycles. The molecule has 0 saturated carbocycles. The highest BCUT2D eigenvalue weighted by Gasteiger charge is 2.23. The Labute approximate surface area is 144 Å². The van der Waals surface area contributed by atoms with Gasteiger partial charge in [-0.1, -0.05) is 59.1 Å². The second-order valence-electron chi connectivity index (χ2n) is 5.15. The first-order valence-corrected chi connectivity index (χ1v) is 7.67. The maximum Gasteiger partial charge on any atom is 0.326 e. The van der Waals surface area contributed by atoms with Crippen LogP contribution in [0.25, 0.3) is 0 Å². The normalized spacial score (nSPS) is 11.8. The molecule has 0 spiro atoms. The van der Waals surface area contributed by atoms with Gasteiger partial charge in [0.25, 0.3) is 5.91 Å². The maximum atomic E-state index is 12.3. The lowest BCUT2D eigenvalue weighted by Gasteiger charge is -2.16. The van der Waals surface area contributed by atoms with E-state index in [1.165, 1.54) is 12.1 Å². The highest BCUT2D eigenvalue weighted by atomic mass is 35.5. The summed E-state index contributed by atoms with van der Waals surface area (Å²) in [5.74, 6) is -1.73. The van der Waals surface area contributed by atoms with Gasteiger partial charge in [-0.2, -0.15) is 0 Å². The Bertz CT molecular complexity index is 709. The van der Waals surface area contributed by atoms with Gasteiger partial charge < -0.3 is 10.4 Å². The summed E-state index contributed by atoms with van der Waals surface area (Å²) >= 11 is 11.9. The fraction of sp³-hybridized carbons (Fsp3) is 0.176. The summed E-state index contributed by atoms with van der Waals surface area (Å²) in [5.41, 5.74) is 1.96. The average molecular weight is 352 g/mol. The molecule has 4 nitrogen and oxygen atoms in total. The minimum atomic E-state index is -1.12. The SMILES string of the molecule is Cc1ccc(CC(NC(=O)c2c(Cl)cccc2Cl)C(=O)O)cc1. The lowest BCUT2D eigenvalue weighted by molar-refractivity contribution is -0.139. The smallest absolute Gasteiger partial charge is 0.326 e. The van der Waals surface area contributed by atoms with Crippen LogP contribution < -0.4 is 5.32 Å². The van der Waals surface area contributed by atoms with E-state index < -0.39 is 17.9 Å². The molecule has 2 N–H and O–H groups in total. The molecule has 0 radical (unpaired) electrons. The van der Waals surface area contributed by atoms with E-state index in [4.69, 9.17) is 23.2 Å². The van der Waals surface area contributed by atoms with Crippen LogP contribution in [0.5, 0.6) is 0 Å². The van der Waals surface area contributed by atoms with Crippen molar-refractivity contribution in [1.82, 2.24) is 5.32 Å². The van der Waals surface area contributed by atoms with Gasteiger partial charge in [0.1, 0.15) is 6.04 Å². The molecule has 0 aliphatic carbocycles. The first kappa shape index (κ1) is 17.3. The van der Waals surface area contributed by atoms with Gasteiger partial charge >= 0.3 is 5.97 Å². The molecule has 1 atom stereocenters. The van der Waals surface area contributed by atoms with Crippen LogP contribution in [0.2, 0.25) is 10.0 Å². The van der Waals surface area contributed by atoms with Gasteiger partial charge in [0.15, 0.2) is 0 Å². The molecule has 0 aliphatic rings. The summed E-state index contributed by atoms with van der Waals surface area (Å²) in [6.45, 7) is 1.94. The fourth-order valence-electron chi connectivity index (χ4n) is 2.11. The number of carboxylic acid groups (broad SMARTS) is 1. The third kappa shape index (κ3) is 4.47. The van der Waals surface area contributed by atoms with E-state index in [0.717, 1.165) is 11.1 Å². The topological polar surface area (TPSA) is 66.4 Å². The number of aliphatic carboxylic acids is 1. The third-order valence-corrected chi connectivity index (χ3v) is 3.98. The van der Waals surface area contributed by atoms with E-state index in [0.29, 0.717) is 0 Å². The number of hydrogen-bond acceptors (Lipinski definition) is 2.